The molecule has 2 amide bonds. The Bertz CT molecular complexity index is 646. The number of rotatable bonds is 4. The molecule has 0 radical (unpaired) electrons. The maximum Gasteiger partial charge on any atom is 0.307 e. The lowest BCUT2D eigenvalue weighted by Gasteiger charge is -2.36. The number of likely N-dealkylation sites (tertiary alicyclic amines) is 1. The Morgan fingerprint density at radius 2 is 1.96 bits per heavy atom. The van der Waals surface area contributed by atoms with Gasteiger partial charge in [0.05, 0.1) is 19.4 Å². The van der Waals surface area contributed by atoms with Crippen LogP contribution in [0.1, 0.15) is 32.1 Å². The summed E-state index contributed by atoms with van der Waals surface area (Å²) in [6.45, 7) is 1.06. The highest BCUT2D eigenvalue weighted by Crippen LogP contribution is 2.29. The van der Waals surface area contributed by atoms with Gasteiger partial charge in [-0.1, -0.05) is 18.2 Å². The highest BCUT2D eigenvalue weighted by molar-refractivity contribution is 6.00. The zero-order chi connectivity index (χ0) is 17.8. The summed E-state index contributed by atoms with van der Waals surface area (Å²) < 4.78 is 4.76. The number of ether oxygens (including phenoxy) is 1. The molecule has 0 spiro atoms. The van der Waals surface area contributed by atoms with Gasteiger partial charge in [0.25, 0.3) is 0 Å². The number of carbonyl (C=O) groups excluding carboxylic acids is 3. The summed E-state index contributed by atoms with van der Waals surface area (Å²) in [5.74, 6) is -0.671. The molecule has 1 aromatic rings. The second-order valence-electron chi connectivity index (χ2n) is 6.70. The first-order valence-electron chi connectivity index (χ1n) is 8.83. The van der Waals surface area contributed by atoms with Crippen molar-refractivity contribution < 1.29 is 19.1 Å². The van der Waals surface area contributed by atoms with Crippen molar-refractivity contribution in [2.75, 3.05) is 25.1 Å². The number of amides is 2. The molecule has 25 heavy (non-hydrogen) atoms. The summed E-state index contributed by atoms with van der Waals surface area (Å²) in [6.07, 6.45) is 3.21. The van der Waals surface area contributed by atoms with Crippen LogP contribution in [-0.4, -0.2) is 48.9 Å². The molecule has 0 aliphatic carbocycles. The first-order valence-corrected chi connectivity index (χ1v) is 8.83. The molecule has 2 aliphatic heterocycles. The average molecular weight is 344 g/mol. The molecule has 2 aliphatic rings. The van der Waals surface area contributed by atoms with Crippen molar-refractivity contribution in [2.45, 2.75) is 38.1 Å². The van der Waals surface area contributed by atoms with Crippen molar-refractivity contribution in [3.8, 4) is 0 Å². The number of piperidine rings is 1. The molecule has 1 aromatic carbocycles. The minimum atomic E-state index is -0.342. The van der Waals surface area contributed by atoms with Gasteiger partial charge in [-0.05, 0) is 31.4 Å². The summed E-state index contributed by atoms with van der Waals surface area (Å²) in [5.41, 5.74) is 0.826. The molecule has 0 bridgehead atoms. The van der Waals surface area contributed by atoms with E-state index < -0.39 is 0 Å². The summed E-state index contributed by atoms with van der Waals surface area (Å²) >= 11 is 0. The molecular formula is C19H24N2O4. The zero-order valence-corrected chi connectivity index (χ0v) is 14.5. The first kappa shape index (κ1) is 17.5. The number of methoxy groups -OCH3 is 1. The van der Waals surface area contributed by atoms with E-state index in [4.69, 9.17) is 4.74 Å². The number of carbonyl (C=O) groups is 3. The molecule has 6 heteroatoms. The molecule has 2 heterocycles. The maximum atomic E-state index is 13.0. The largest absolute Gasteiger partial charge is 0.469 e. The second-order valence-corrected chi connectivity index (χ2v) is 6.70. The SMILES string of the molecule is COC(=O)C[C@H]1CCCCN1C(=O)[C@H]1CC(=O)N(c2ccccc2)C1. The molecule has 134 valence electrons. The van der Waals surface area contributed by atoms with Gasteiger partial charge in [-0.3, -0.25) is 14.4 Å². The van der Waals surface area contributed by atoms with Crippen LogP contribution in [0, 0.1) is 5.92 Å². The Labute approximate surface area is 147 Å². The molecular weight excluding hydrogens is 320 g/mol. The first-order chi connectivity index (χ1) is 12.1. The summed E-state index contributed by atoms with van der Waals surface area (Å²) in [5, 5.41) is 0. The molecule has 0 saturated carbocycles. The summed E-state index contributed by atoms with van der Waals surface area (Å²) in [6, 6.07) is 9.31. The fourth-order valence-corrected chi connectivity index (χ4v) is 3.74. The normalized spacial score (nSPS) is 23.6. The van der Waals surface area contributed by atoms with E-state index >= 15 is 0 Å². The van der Waals surface area contributed by atoms with E-state index in [0.29, 0.717) is 13.1 Å². The van der Waals surface area contributed by atoms with Gasteiger partial charge in [0.2, 0.25) is 11.8 Å². The summed E-state index contributed by atoms with van der Waals surface area (Å²) in [4.78, 5) is 40.5. The van der Waals surface area contributed by atoms with Gasteiger partial charge in [-0.15, -0.1) is 0 Å². The lowest BCUT2D eigenvalue weighted by molar-refractivity contribution is -0.146. The highest BCUT2D eigenvalue weighted by Gasteiger charge is 2.39. The second kappa shape index (κ2) is 7.68. The minimum Gasteiger partial charge on any atom is -0.469 e. The van der Waals surface area contributed by atoms with Crippen LogP contribution in [-0.2, 0) is 19.1 Å². The van der Waals surface area contributed by atoms with Crippen LogP contribution >= 0.6 is 0 Å². The average Bonchev–Trinajstić information content (AvgIpc) is 3.04. The van der Waals surface area contributed by atoms with Gasteiger partial charge in [0, 0.05) is 31.2 Å². The molecule has 0 aromatic heterocycles. The predicted octanol–water partition coefficient (Wildman–Crippen LogP) is 1.98. The Hall–Kier alpha value is -2.37. The van der Waals surface area contributed by atoms with Crippen molar-refractivity contribution in [1.29, 1.82) is 0 Å². The number of esters is 1. The van der Waals surface area contributed by atoms with E-state index in [1.54, 1.807) is 9.80 Å². The van der Waals surface area contributed by atoms with E-state index in [0.717, 1.165) is 24.9 Å². The number of para-hydroxylation sites is 1. The van der Waals surface area contributed by atoms with Gasteiger partial charge >= 0.3 is 5.97 Å². The standard InChI is InChI=1S/C19H24N2O4/c1-25-18(23)12-16-9-5-6-10-20(16)19(24)14-11-17(22)21(13-14)15-7-3-2-4-8-15/h2-4,7-8,14,16H,5-6,9-13H2,1H3/t14-,16+/m0/s1. The Kier molecular flexibility index (Phi) is 5.36. The van der Waals surface area contributed by atoms with E-state index in [2.05, 4.69) is 0 Å². The number of nitrogens with zero attached hydrogens (tertiary/aromatic N) is 2. The molecule has 0 N–H and O–H groups in total. The third kappa shape index (κ3) is 3.83. The molecule has 2 saturated heterocycles. The number of hydrogen-bond donors (Lipinski definition) is 0. The lowest BCUT2D eigenvalue weighted by Crippen LogP contribution is -2.47. The Morgan fingerprint density at radius 3 is 2.68 bits per heavy atom. The number of hydrogen-bond acceptors (Lipinski definition) is 4. The molecule has 2 atom stereocenters. The van der Waals surface area contributed by atoms with Crippen LogP contribution in [0.3, 0.4) is 0 Å². The molecule has 3 rings (SSSR count). The quantitative estimate of drug-likeness (QED) is 0.784. The third-order valence-corrected chi connectivity index (χ3v) is 5.08. The molecule has 2 fully saturated rings. The van der Waals surface area contributed by atoms with Gasteiger partial charge in [-0.25, -0.2) is 0 Å². The Balaban J connectivity index is 1.69. The Morgan fingerprint density at radius 1 is 1.20 bits per heavy atom. The highest BCUT2D eigenvalue weighted by atomic mass is 16.5. The van der Waals surface area contributed by atoms with Crippen LogP contribution in [0.4, 0.5) is 5.69 Å². The van der Waals surface area contributed by atoms with Crippen LogP contribution < -0.4 is 4.90 Å². The van der Waals surface area contributed by atoms with Crippen molar-refractivity contribution in [2.24, 2.45) is 5.92 Å². The van der Waals surface area contributed by atoms with E-state index in [-0.39, 0.29) is 42.6 Å². The summed E-state index contributed by atoms with van der Waals surface area (Å²) in [7, 11) is 1.37. The van der Waals surface area contributed by atoms with E-state index in [9.17, 15) is 14.4 Å². The fourth-order valence-electron chi connectivity index (χ4n) is 3.74. The zero-order valence-electron chi connectivity index (χ0n) is 14.5. The van der Waals surface area contributed by atoms with Crippen molar-refractivity contribution in [3.63, 3.8) is 0 Å². The predicted molar refractivity (Wildman–Crippen MR) is 92.9 cm³/mol. The van der Waals surface area contributed by atoms with E-state index in [1.165, 1.54) is 7.11 Å². The van der Waals surface area contributed by atoms with Crippen molar-refractivity contribution in [1.82, 2.24) is 4.90 Å². The fraction of sp³-hybridized carbons (Fsp3) is 0.526. The van der Waals surface area contributed by atoms with E-state index in [1.807, 2.05) is 30.3 Å². The number of anilines is 1. The van der Waals surface area contributed by atoms with Crippen LogP contribution in [0.15, 0.2) is 30.3 Å². The van der Waals surface area contributed by atoms with Crippen LogP contribution in [0.2, 0.25) is 0 Å². The topological polar surface area (TPSA) is 66.9 Å². The molecule has 6 nitrogen and oxygen atoms in total. The van der Waals surface area contributed by atoms with Gasteiger partial charge in [-0.2, -0.15) is 0 Å². The number of benzene rings is 1. The van der Waals surface area contributed by atoms with Crippen molar-refractivity contribution in [3.05, 3.63) is 30.3 Å². The molecule has 0 unspecified atom stereocenters. The van der Waals surface area contributed by atoms with Crippen molar-refractivity contribution >= 4 is 23.5 Å². The van der Waals surface area contributed by atoms with Crippen LogP contribution in [0.5, 0.6) is 0 Å². The minimum absolute atomic E-state index is 0.0135. The maximum absolute atomic E-state index is 13.0. The smallest absolute Gasteiger partial charge is 0.307 e. The van der Waals surface area contributed by atoms with Gasteiger partial charge < -0.3 is 14.5 Å². The van der Waals surface area contributed by atoms with Crippen LogP contribution in [0.25, 0.3) is 0 Å². The van der Waals surface area contributed by atoms with Gasteiger partial charge in [0.1, 0.15) is 0 Å². The van der Waals surface area contributed by atoms with Gasteiger partial charge in [0.15, 0.2) is 0 Å². The lowest BCUT2D eigenvalue weighted by atomic mass is 9.96. The third-order valence-electron chi connectivity index (χ3n) is 5.08. The monoisotopic (exact) mass is 344 g/mol.